The number of benzene rings is 2. The summed E-state index contributed by atoms with van der Waals surface area (Å²) in [5, 5.41) is 10.5. The lowest BCUT2D eigenvalue weighted by atomic mass is 10.1. The fourth-order valence-electron chi connectivity index (χ4n) is 4.43. The van der Waals surface area contributed by atoms with Crippen LogP contribution >= 0.6 is 34.8 Å². The predicted molar refractivity (Wildman–Crippen MR) is 126 cm³/mol. The van der Waals surface area contributed by atoms with Gasteiger partial charge in [-0.3, -0.25) is 14.6 Å². The number of rotatable bonds is 5. The minimum absolute atomic E-state index is 0.0836. The molecule has 2 aliphatic rings. The summed E-state index contributed by atoms with van der Waals surface area (Å²) in [6.45, 7) is 5.87. The Morgan fingerprint density at radius 2 is 1.53 bits per heavy atom. The Kier molecular flexibility index (Phi) is 7.27. The molecular formula is C23H24Cl3N3O3. The van der Waals surface area contributed by atoms with Gasteiger partial charge < -0.3 is 10.0 Å². The molecule has 32 heavy (non-hydrogen) atoms. The standard InChI is InChI=1S/C23H24Cl3N3O3/c24-16-3-1-15(2-4-16)13-27-7-9-28(10-8-27)17-5-6-29(14-17)22(30)18-11-20(25)21(26)12-19(18)23(31)32/h1-4,11-12,17H,5-10,13-14H2,(H,31,32)/t17-/m0/s1. The minimum Gasteiger partial charge on any atom is -0.478 e. The van der Waals surface area contributed by atoms with Crippen molar-refractivity contribution in [2.24, 2.45) is 0 Å². The molecule has 2 aromatic rings. The third kappa shape index (κ3) is 5.21. The van der Waals surface area contributed by atoms with Gasteiger partial charge in [0.05, 0.1) is 21.2 Å². The van der Waals surface area contributed by atoms with E-state index >= 15 is 0 Å². The quantitative estimate of drug-likeness (QED) is 0.666. The lowest BCUT2D eigenvalue weighted by Gasteiger charge is -2.38. The zero-order valence-electron chi connectivity index (χ0n) is 17.4. The van der Waals surface area contributed by atoms with Crippen LogP contribution in [0, 0.1) is 0 Å². The molecule has 0 unspecified atom stereocenters. The van der Waals surface area contributed by atoms with Gasteiger partial charge in [-0.1, -0.05) is 46.9 Å². The molecule has 4 rings (SSSR count). The largest absolute Gasteiger partial charge is 0.478 e. The van der Waals surface area contributed by atoms with Crippen LogP contribution in [0.2, 0.25) is 15.1 Å². The van der Waals surface area contributed by atoms with E-state index in [4.69, 9.17) is 34.8 Å². The molecule has 0 aromatic heterocycles. The Labute approximate surface area is 202 Å². The van der Waals surface area contributed by atoms with E-state index in [1.807, 2.05) is 12.1 Å². The fourth-order valence-corrected chi connectivity index (χ4v) is 4.88. The van der Waals surface area contributed by atoms with Crippen LogP contribution in [0.25, 0.3) is 0 Å². The lowest BCUT2D eigenvalue weighted by Crippen LogP contribution is -2.50. The molecule has 2 heterocycles. The van der Waals surface area contributed by atoms with Crippen LogP contribution in [0.15, 0.2) is 36.4 Å². The highest BCUT2D eigenvalue weighted by molar-refractivity contribution is 6.42. The number of carboxylic acids is 1. The molecule has 2 fully saturated rings. The van der Waals surface area contributed by atoms with Crippen molar-refractivity contribution in [1.29, 1.82) is 0 Å². The Bertz CT molecular complexity index is 1010. The summed E-state index contributed by atoms with van der Waals surface area (Å²) in [7, 11) is 0. The van der Waals surface area contributed by atoms with E-state index in [2.05, 4.69) is 21.9 Å². The van der Waals surface area contributed by atoms with Gasteiger partial charge in [0.1, 0.15) is 0 Å². The van der Waals surface area contributed by atoms with Crippen molar-refractivity contribution in [3.63, 3.8) is 0 Å². The van der Waals surface area contributed by atoms with Crippen LogP contribution in [0.4, 0.5) is 0 Å². The fraction of sp³-hybridized carbons (Fsp3) is 0.391. The molecule has 0 aliphatic carbocycles. The van der Waals surface area contributed by atoms with Crippen LogP contribution in [0.5, 0.6) is 0 Å². The average molecular weight is 497 g/mol. The highest BCUT2D eigenvalue weighted by Crippen LogP contribution is 2.28. The second-order valence-corrected chi connectivity index (χ2v) is 9.50. The molecule has 0 spiro atoms. The second-order valence-electron chi connectivity index (χ2n) is 8.25. The Morgan fingerprint density at radius 3 is 2.16 bits per heavy atom. The predicted octanol–water partition coefficient (Wildman–Crippen LogP) is 4.38. The van der Waals surface area contributed by atoms with Crippen molar-refractivity contribution in [2.75, 3.05) is 39.3 Å². The zero-order chi connectivity index (χ0) is 22.8. The first-order valence-electron chi connectivity index (χ1n) is 10.5. The van der Waals surface area contributed by atoms with Gasteiger partial charge in [-0.15, -0.1) is 0 Å². The number of amides is 1. The maximum atomic E-state index is 13.1. The molecule has 2 aromatic carbocycles. The van der Waals surface area contributed by atoms with Gasteiger partial charge in [0.15, 0.2) is 0 Å². The molecule has 0 radical (unpaired) electrons. The molecule has 2 saturated heterocycles. The number of carboxylic acid groups (broad SMARTS) is 1. The summed E-state index contributed by atoms with van der Waals surface area (Å²) in [5.74, 6) is -1.51. The van der Waals surface area contributed by atoms with Gasteiger partial charge in [0, 0.05) is 56.9 Å². The third-order valence-electron chi connectivity index (χ3n) is 6.21. The molecule has 1 atom stereocenters. The molecular weight excluding hydrogens is 473 g/mol. The number of nitrogens with zero attached hydrogens (tertiary/aromatic N) is 3. The van der Waals surface area contributed by atoms with E-state index in [0.29, 0.717) is 13.1 Å². The van der Waals surface area contributed by atoms with E-state index in [9.17, 15) is 14.7 Å². The highest BCUT2D eigenvalue weighted by Gasteiger charge is 2.34. The van der Waals surface area contributed by atoms with Gasteiger partial charge in [-0.2, -0.15) is 0 Å². The third-order valence-corrected chi connectivity index (χ3v) is 7.19. The summed E-state index contributed by atoms with van der Waals surface area (Å²) in [6, 6.07) is 10.8. The molecule has 9 heteroatoms. The topological polar surface area (TPSA) is 64.1 Å². The van der Waals surface area contributed by atoms with Crippen LogP contribution in [-0.2, 0) is 6.54 Å². The van der Waals surface area contributed by atoms with Crippen molar-refractivity contribution in [3.05, 3.63) is 68.2 Å². The summed E-state index contributed by atoms with van der Waals surface area (Å²) in [6.07, 6.45) is 0.868. The number of carbonyl (C=O) groups is 2. The van der Waals surface area contributed by atoms with E-state index < -0.39 is 5.97 Å². The number of likely N-dealkylation sites (tertiary alicyclic amines) is 1. The zero-order valence-corrected chi connectivity index (χ0v) is 19.7. The monoisotopic (exact) mass is 495 g/mol. The molecule has 1 amide bonds. The van der Waals surface area contributed by atoms with Crippen LogP contribution in [-0.4, -0.2) is 77.0 Å². The lowest BCUT2D eigenvalue weighted by molar-refractivity contribution is 0.0673. The van der Waals surface area contributed by atoms with Crippen molar-refractivity contribution in [2.45, 2.75) is 19.0 Å². The van der Waals surface area contributed by atoms with Crippen molar-refractivity contribution in [1.82, 2.24) is 14.7 Å². The van der Waals surface area contributed by atoms with Gasteiger partial charge in [0.25, 0.3) is 5.91 Å². The Morgan fingerprint density at radius 1 is 0.906 bits per heavy atom. The van der Waals surface area contributed by atoms with Gasteiger partial charge in [-0.05, 0) is 36.2 Å². The Balaban J connectivity index is 1.34. The van der Waals surface area contributed by atoms with E-state index in [0.717, 1.165) is 44.2 Å². The first-order valence-corrected chi connectivity index (χ1v) is 11.7. The van der Waals surface area contributed by atoms with Gasteiger partial charge >= 0.3 is 5.97 Å². The smallest absolute Gasteiger partial charge is 0.336 e. The van der Waals surface area contributed by atoms with E-state index in [1.165, 1.54) is 17.7 Å². The maximum Gasteiger partial charge on any atom is 0.336 e. The number of aromatic carboxylic acids is 1. The number of piperazine rings is 1. The van der Waals surface area contributed by atoms with Crippen molar-refractivity contribution >= 4 is 46.7 Å². The SMILES string of the molecule is O=C(O)c1cc(Cl)c(Cl)cc1C(=O)N1CC[C@H](N2CCN(Cc3ccc(Cl)cc3)CC2)C1. The summed E-state index contributed by atoms with van der Waals surface area (Å²) >= 11 is 18.0. The molecule has 2 aliphatic heterocycles. The second kappa shape index (κ2) is 9.98. The average Bonchev–Trinajstić information content (AvgIpc) is 3.27. The molecule has 6 nitrogen and oxygen atoms in total. The minimum atomic E-state index is -1.19. The van der Waals surface area contributed by atoms with E-state index in [1.54, 1.807) is 4.90 Å². The normalized spacial score (nSPS) is 20.0. The summed E-state index contributed by atoms with van der Waals surface area (Å²) in [5.41, 5.74) is 1.21. The molecule has 0 bridgehead atoms. The van der Waals surface area contributed by atoms with Gasteiger partial charge in [-0.25, -0.2) is 4.79 Å². The summed E-state index contributed by atoms with van der Waals surface area (Å²) < 4.78 is 0. The number of hydrogen-bond acceptors (Lipinski definition) is 4. The summed E-state index contributed by atoms with van der Waals surface area (Å²) in [4.78, 5) is 31.2. The van der Waals surface area contributed by atoms with E-state index in [-0.39, 0.29) is 33.1 Å². The van der Waals surface area contributed by atoms with Crippen molar-refractivity contribution in [3.8, 4) is 0 Å². The van der Waals surface area contributed by atoms with Gasteiger partial charge in [0.2, 0.25) is 0 Å². The number of halogens is 3. The van der Waals surface area contributed by atoms with Crippen molar-refractivity contribution < 1.29 is 14.7 Å². The molecule has 170 valence electrons. The number of hydrogen-bond donors (Lipinski definition) is 1. The highest BCUT2D eigenvalue weighted by atomic mass is 35.5. The first-order chi connectivity index (χ1) is 15.3. The molecule has 0 saturated carbocycles. The van der Waals surface area contributed by atoms with Crippen LogP contribution in [0.3, 0.4) is 0 Å². The molecule has 1 N–H and O–H groups in total. The maximum absolute atomic E-state index is 13.1. The van der Waals surface area contributed by atoms with Crippen LogP contribution in [0.1, 0.15) is 32.7 Å². The van der Waals surface area contributed by atoms with Crippen LogP contribution < -0.4 is 0 Å². The first kappa shape index (κ1) is 23.3. The number of carbonyl (C=O) groups excluding carboxylic acids is 1. The Hall–Kier alpha value is -1.83.